The quantitative estimate of drug-likeness (QED) is 0.660. The molecule has 112 valence electrons. The molecule has 2 N–H and O–H groups in total. The topological polar surface area (TPSA) is 58.2 Å². The number of piperidine rings is 1. The molecule has 0 aromatic heterocycles. The van der Waals surface area contributed by atoms with Crippen LogP contribution in [-0.4, -0.2) is 26.8 Å². The largest absolute Gasteiger partial charge is 0.315 e. The van der Waals surface area contributed by atoms with E-state index in [9.17, 15) is 26.0 Å². The SMILES string of the molecule is O=S(=O)(Nc1c(F)c(F)cc(F)c1F)C1CCCNC1. The Balaban J connectivity index is 2.34. The van der Waals surface area contributed by atoms with Gasteiger partial charge in [0.15, 0.2) is 23.3 Å². The van der Waals surface area contributed by atoms with Crippen LogP contribution in [0.3, 0.4) is 0 Å². The van der Waals surface area contributed by atoms with Crippen molar-refractivity contribution in [2.24, 2.45) is 0 Å². The summed E-state index contributed by atoms with van der Waals surface area (Å²) in [7, 11) is -4.14. The van der Waals surface area contributed by atoms with Gasteiger partial charge >= 0.3 is 0 Å². The molecule has 1 fully saturated rings. The van der Waals surface area contributed by atoms with Crippen LogP contribution < -0.4 is 10.0 Å². The average Bonchev–Trinajstić information content (AvgIpc) is 2.42. The summed E-state index contributed by atoms with van der Waals surface area (Å²) in [6, 6.07) is 0.0185. The Morgan fingerprint density at radius 1 is 1.15 bits per heavy atom. The van der Waals surface area contributed by atoms with Gasteiger partial charge in [-0.15, -0.1) is 0 Å². The van der Waals surface area contributed by atoms with E-state index in [2.05, 4.69) is 5.32 Å². The minimum absolute atomic E-state index is 0.0185. The first kappa shape index (κ1) is 15.0. The molecule has 2 rings (SSSR count). The summed E-state index contributed by atoms with van der Waals surface area (Å²) in [5.41, 5.74) is -1.33. The third-order valence-electron chi connectivity index (χ3n) is 3.05. The number of halogens is 4. The van der Waals surface area contributed by atoms with Gasteiger partial charge in [-0.05, 0) is 19.4 Å². The molecule has 1 atom stereocenters. The van der Waals surface area contributed by atoms with E-state index in [-0.39, 0.29) is 12.6 Å². The Morgan fingerprint density at radius 2 is 1.75 bits per heavy atom. The molecular formula is C11H12F4N2O2S. The molecule has 0 amide bonds. The maximum atomic E-state index is 13.4. The fourth-order valence-electron chi connectivity index (χ4n) is 1.97. The van der Waals surface area contributed by atoms with Crippen LogP contribution in [-0.2, 0) is 10.0 Å². The molecule has 0 saturated carbocycles. The van der Waals surface area contributed by atoms with Gasteiger partial charge in [-0.3, -0.25) is 4.72 Å². The number of anilines is 1. The summed E-state index contributed by atoms with van der Waals surface area (Å²) < 4.78 is 78.4. The lowest BCUT2D eigenvalue weighted by molar-refractivity contribution is 0.458. The summed E-state index contributed by atoms with van der Waals surface area (Å²) >= 11 is 0. The first-order valence-corrected chi connectivity index (χ1v) is 7.43. The van der Waals surface area contributed by atoms with Crippen LogP contribution in [0.2, 0.25) is 0 Å². The standard InChI is InChI=1S/C11H12F4N2O2S/c12-7-4-8(13)10(15)11(9(7)14)17-20(18,19)6-2-1-3-16-5-6/h4,6,16-17H,1-3,5H2. The summed E-state index contributed by atoms with van der Waals surface area (Å²) in [5, 5.41) is 1.91. The van der Waals surface area contributed by atoms with E-state index in [1.165, 1.54) is 0 Å². The first-order chi connectivity index (χ1) is 9.33. The van der Waals surface area contributed by atoms with Crippen molar-refractivity contribution in [3.05, 3.63) is 29.3 Å². The van der Waals surface area contributed by atoms with E-state index in [0.29, 0.717) is 19.4 Å². The normalized spacial score (nSPS) is 19.9. The number of nitrogens with one attached hydrogen (secondary N) is 2. The molecule has 20 heavy (non-hydrogen) atoms. The molecule has 1 aromatic carbocycles. The second kappa shape index (κ2) is 5.57. The maximum absolute atomic E-state index is 13.4. The van der Waals surface area contributed by atoms with Crippen molar-refractivity contribution in [3.8, 4) is 0 Å². The Labute approximate surface area is 113 Å². The highest BCUT2D eigenvalue weighted by Gasteiger charge is 2.30. The highest BCUT2D eigenvalue weighted by atomic mass is 32.2. The van der Waals surface area contributed by atoms with Gasteiger partial charge in [0, 0.05) is 12.6 Å². The first-order valence-electron chi connectivity index (χ1n) is 5.88. The fourth-order valence-corrected chi connectivity index (χ4v) is 3.42. The molecule has 1 unspecified atom stereocenters. The monoisotopic (exact) mass is 312 g/mol. The molecule has 1 saturated heterocycles. The van der Waals surface area contributed by atoms with Crippen LogP contribution in [0.1, 0.15) is 12.8 Å². The second-order valence-corrected chi connectivity index (χ2v) is 6.42. The summed E-state index contributed by atoms with van der Waals surface area (Å²) in [6.45, 7) is 0.750. The van der Waals surface area contributed by atoms with E-state index in [4.69, 9.17) is 0 Å². The van der Waals surface area contributed by atoms with Gasteiger partial charge in [0.2, 0.25) is 10.0 Å². The predicted molar refractivity (Wildman–Crippen MR) is 64.7 cm³/mol. The van der Waals surface area contributed by atoms with E-state index >= 15 is 0 Å². The Kier molecular flexibility index (Phi) is 4.19. The van der Waals surface area contributed by atoms with Gasteiger partial charge < -0.3 is 5.32 Å². The van der Waals surface area contributed by atoms with Crippen molar-refractivity contribution in [1.82, 2.24) is 5.32 Å². The molecular weight excluding hydrogens is 300 g/mol. The van der Waals surface area contributed by atoms with Crippen LogP contribution in [0.4, 0.5) is 23.2 Å². The van der Waals surface area contributed by atoms with Gasteiger partial charge in [-0.25, -0.2) is 26.0 Å². The highest BCUT2D eigenvalue weighted by Crippen LogP contribution is 2.26. The molecule has 0 spiro atoms. The molecule has 1 heterocycles. The zero-order valence-corrected chi connectivity index (χ0v) is 11.0. The van der Waals surface area contributed by atoms with Gasteiger partial charge in [-0.2, -0.15) is 0 Å². The Morgan fingerprint density at radius 3 is 2.25 bits per heavy atom. The predicted octanol–water partition coefficient (Wildman–Crippen LogP) is 1.74. The van der Waals surface area contributed by atoms with Gasteiger partial charge in [0.1, 0.15) is 5.69 Å². The molecule has 1 aliphatic heterocycles. The minimum Gasteiger partial charge on any atom is -0.315 e. The van der Waals surface area contributed by atoms with E-state index in [0.717, 1.165) is 0 Å². The van der Waals surface area contributed by atoms with Crippen molar-refractivity contribution in [3.63, 3.8) is 0 Å². The maximum Gasteiger partial charge on any atom is 0.237 e. The molecule has 0 radical (unpaired) electrons. The van der Waals surface area contributed by atoms with E-state index in [1.807, 2.05) is 0 Å². The average molecular weight is 312 g/mol. The number of rotatable bonds is 3. The lowest BCUT2D eigenvalue weighted by atomic mass is 10.2. The number of benzene rings is 1. The number of hydrogen-bond donors (Lipinski definition) is 2. The number of hydrogen-bond acceptors (Lipinski definition) is 3. The third kappa shape index (κ3) is 2.88. The van der Waals surface area contributed by atoms with E-state index < -0.39 is 44.2 Å². The number of sulfonamides is 1. The minimum atomic E-state index is -4.14. The Hall–Kier alpha value is -1.35. The lowest BCUT2D eigenvalue weighted by Crippen LogP contribution is -2.41. The van der Waals surface area contributed by atoms with E-state index in [1.54, 1.807) is 4.72 Å². The molecule has 0 aliphatic carbocycles. The fraction of sp³-hybridized carbons (Fsp3) is 0.455. The molecule has 1 aliphatic rings. The van der Waals surface area contributed by atoms with Crippen molar-refractivity contribution in [2.75, 3.05) is 17.8 Å². The van der Waals surface area contributed by atoms with Crippen molar-refractivity contribution >= 4 is 15.7 Å². The zero-order chi connectivity index (χ0) is 14.9. The molecule has 4 nitrogen and oxygen atoms in total. The van der Waals surface area contributed by atoms with Crippen molar-refractivity contribution in [2.45, 2.75) is 18.1 Å². The second-order valence-electron chi connectivity index (χ2n) is 4.46. The van der Waals surface area contributed by atoms with Crippen LogP contribution in [0.15, 0.2) is 6.07 Å². The van der Waals surface area contributed by atoms with Crippen LogP contribution in [0.25, 0.3) is 0 Å². The molecule has 0 bridgehead atoms. The van der Waals surface area contributed by atoms with Crippen molar-refractivity contribution in [1.29, 1.82) is 0 Å². The molecule has 9 heteroatoms. The van der Waals surface area contributed by atoms with Gasteiger partial charge in [0.05, 0.1) is 5.25 Å². The third-order valence-corrected chi connectivity index (χ3v) is 4.82. The summed E-state index contributed by atoms with van der Waals surface area (Å²) in [5.74, 6) is -6.86. The smallest absolute Gasteiger partial charge is 0.237 e. The van der Waals surface area contributed by atoms with Gasteiger partial charge in [0.25, 0.3) is 0 Å². The van der Waals surface area contributed by atoms with Crippen LogP contribution in [0.5, 0.6) is 0 Å². The summed E-state index contributed by atoms with van der Waals surface area (Å²) in [4.78, 5) is 0. The highest BCUT2D eigenvalue weighted by molar-refractivity contribution is 7.93. The van der Waals surface area contributed by atoms with Crippen LogP contribution in [0, 0.1) is 23.3 Å². The summed E-state index contributed by atoms with van der Waals surface area (Å²) in [6.07, 6.45) is 0.872. The van der Waals surface area contributed by atoms with Crippen LogP contribution >= 0.6 is 0 Å². The Bertz CT molecular complexity index is 589. The molecule has 1 aromatic rings. The van der Waals surface area contributed by atoms with Crippen molar-refractivity contribution < 1.29 is 26.0 Å². The van der Waals surface area contributed by atoms with Gasteiger partial charge in [-0.1, -0.05) is 0 Å². The lowest BCUT2D eigenvalue weighted by Gasteiger charge is -2.23. The zero-order valence-electron chi connectivity index (χ0n) is 10.2.